The molecule has 5 heteroatoms. The molecule has 3 rings (SSSR count). The molecule has 3 aromatic rings. The molecule has 0 radical (unpaired) electrons. The molecule has 0 aliphatic rings. The molecule has 1 amide bonds. The summed E-state index contributed by atoms with van der Waals surface area (Å²) in [5, 5.41) is 7.32. The van der Waals surface area contributed by atoms with Gasteiger partial charge in [0.2, 0.25) is 0 Å². The second-order valence-corrected chi connectivity index (χ2v) is 3.72. The first-order valence-electron chi connectivity index (χ1n) is 5.40. The van der Waals surface area contributed by atoms with Gasteiger partial charge in [-0.3, -0.25) is 9.78 Å². The van der Waals surface area contributed by atoms with Crippen LogP contribution in [0.1, 0.15) is 10.5 Å². The summed E-state index contributed by atoms with van der Waals surface area (Å²) in [6.45, 7) is 0. The molecule has 0 unspecified atom stereocenters. The molecular weight excluding hydrogens is 230 g/mol. The predicted octanol–water partition coefficient (Wildman–Crippen LogP) is 2.48. The molecule has 0 spiro atoms. The highest BCUT2D eigenvalue weighted by molar-refractivity contribution is 6.07. The van der Waals surface area contributed by atoms with E-state index in [0.29, 0.717) is 5.69 Å². The van der Waals surface area contributed by atoms with Gasteiger partial charge in [-0.05, 0) is 12.1 Å². The lowest BCUT2D eigenvalue weighted by molar-refractivity contribution is 0.101. The van der Waals surface area contributed by atoms with Gasteiger partial charge in [-0.25, -0.2) is 0 Å². The van der Waals surface area contributed by atoms with Gasteiger partial charge in [-0.15, -0.1) is 0 Å². The van der Waals surface area contributed by atoms with E-state index in [0.717, 1.165) is 10.9 Å². The molecule has 18 heavy (non-hydrogen) atoms. The van der Waals surface area contributed by atoms with E-state index < -0.39 is 0 Å². The third-order valence-electron chi connectivity index (χ3n) is 2.55. The first-order valence-corrected chi connectivity index (χ1v) is 5.40. The van der Waals surface area contributed by atoms with Gasteiger partial charge in [0.1, 0.15) is 6.26 Å². The Balaban J connectivity index is 1.98. The number of nitrogens with zero attached hydrogens (tertiary/aromatic N) is 2. The van der Waals surface area contributed by atoms with Crippen LogP contribution in [0.25, 0.3) is 10.9 Å². The van der Waals surface area contributed by atoms with E-state index in [1.807, 2.05) is 24.3 Å². The number of benzene rings is 1. The van der Waals surface area contributed by atoms with E-state index in [1.165, 1.54) is 12.3 Å². The lowest BCUT2D eigenvalue weighted by atomic mass is 10.2. The number of nitrogens with one attached hydrogen (secondary N) is 1. The van der Waals surface area contributed by atoms with E-state index in [4.69, 9.17) is 0 Å². The molecule has 0 aliphatic carbocycles. The number of carbonyl (C=O) groups excluding carboxylic acids is 1. The van der Waals surface area contributed by atoms with Gasteiger partial charge in [-0.1, -0.05) is 23.4 Å². The maximum absolute atomic E-state index is 11.9. The van der Waals surface area contributed by atoms with Crippen LogP contribution >= 0.6 is 0 Å². The fraction of sp³-hybridized carbons (Fsp3) is 0. The van der Waals surface area contributed by atoms with E-state index in [1.54, 1.807) is 12.3 Å². The topological polar surface area (TPSA) is 68.0 Å². The van der Waals surface area contributed by atoms with Gasteiger partial charge < -0.3 is 9.84 Å². The molecule has 2 aromatic heterocycles. The Morgan fingerprint density at radius 2 is 2.06 bits per heavy atom. The van der Waals surface area contributed by atoms with Crippen molar-refractivity contribution in [2.75, 3.05) is 5.32 Å². The smallest absolute Gasteiger partial charge is 0.277 e. The van der Waals surface area contributed by atoms with Crippen molar-refractivity contribution < 1.29 is 9.32 Å². The van der Waals surface area contributed by atoms with Gasteiger partial charge in [0.15, 0.2) is 5.69 Å². The molecule has 0 fully saturated rings. The molecule has 5 nitrogen and oxygen atoms in total. The van der Waals surface area contributed by atoms with Gasteiger partial charge in [0, 0.05) is 17.6 Å². The minimum absolute atomic E-state index is 0.239. The number of para-hydroxylation sites is 1. The number of carbonyl (C=O) groups is 1. The number of rotatable bonds is 2. The fourth-order valence-electron chi connectivity index (χ4n) is 1.72. The van der Waals surface area contributed by atoms with Gasteiger partial charge in [0.25, 0.3) is 5.91 Å². The van der Waals surface area contributed by atoms with Crippen molar-refractivity contribution in [2.24, 2.45) is 0 Å². The Labute approximate surface area is 102 Å². The zero-order valence-electron chi connectivity index (χ0n) is 9.33. The Bertz CT molecular complexity index is 687. The van der Waals surface area contributed by atoms with E-state index >= 15 is 0 Å². The number of hydrogen-bond acceptors (Lipinski definition) is 4. The van der Waals surface area contributed by atoms with E-state index in [9.17, 15) is 4.79 Å². The predicted molar refractivity (Wildman–Crippen MR) is 66.2 cm³/mol. The normalized spacial score (nSPS) is 10.4. The van der Waals surface area contributed by atoms with Crippen LogP contribution in [0.4, 0.5) is 5.69 Å². The van der Waals surface area contributed by atoms with Crippen LogP contribution in [0.5, 0.6) is 0 Å². The van der Waals surface area contributed by atoms with Crippen molar-refractivity contribution in [1.82, 2.24) is 10.1 Å². The highest BCUT2D eigenvalue weighted by Gasteiger charge is 2.11. The highest BCUT2D eigenvalue weighted by atomic mass is 16.5. The molecule has 2 heterocycles. The van der Waals surface area contributed by atoms with E-state index in [-0.39, 0.29) is 11.6 Å². The van der Waals surface area contributed by atoms with Crippen molar-refractivity contribution >= 4 is 22.5 Å². The van der Waals surface area contributed by atoms with Gasteiger partial charge >= 0.3 is 0 Å². The number of hydrogen-bond donors (Lipinski definition) is 1. The monoisotopic (exact) mass is 239 g/mol. The molecule has 88 valence electrons. The van der Waals surface area contributed by atoms with Crippen molar-refractivity contribution in [2.45, 2.75) is 0 Å². The lowest BCUT2D eigenvalue weighted by Crippen LogP contribution is -2.12. The van der Waals surface area contributed by atoms with Crippen LogP contribution in [0, 0.1) is 0 Å². The summed E-state index contributed by atoms with van der Waals surface area (Å²) in [4.78, 5) is 16.1. The quantitative estimate of drug-likeness (QED) is 0.745. The average Bonchev–Trinajstić information content (AvgIpc) is 2.93. The Kier molecular flexibility index (Phi) is 2.49. The summed E-state index contributed by atoms with van der Waals surface area (Å²) >= 11 is 0. The molecular formula is C13H9N3O2. The number of anilines is 1. The lowest BCUT2D eigenvalue weighted by Gasteiger charge is -2.05. The largest absolute Gasteiger partial charge is 0.364 e. The average molecular weight is 239 g/mol. The number of fused-ring (bicyclic) bond motifs is 1. The zero-order valence-corrected chi connectivity index (χ0v) is 9.33. The standard InChI is InChI=1S/C13H9N3O2/c17-13(11-6-8-18-16-11)15-10-5-1-3-9-4-2-7-14-12(9)10/h1-8H,(H,15,17). The maximum Gasteiger partial charge on any atom is 0.277 e. The second-order valence-electron chi connectivity index (χ2n) is 3.72. The van der Waals surface area contributed by atoms with Crippen LogP contribution in [0.2, 0.25) is 0 Å². The first-order chi connectivity index (χ1) is 8.84. The minimum atomic E-state index is -0.318. The maximum atomic E-state index is 11.9. The third-order valence-corrected chi connectivity index (χ3v) is 2.55. The highest BCUT2D eigenvalue weighted by Crippen LogP contribution is 2.20. The van der Waals surface area contributed by atoms with Crippen molar-refractivity contribution in [1.29, 1.82) is 0 Å². The van der Waals surface area contributed by atoms with Gasteiger partial charge in [0.05, 0.1) is 11.2 Å². The summed E-state index contributed by atoms with van der Waals surface area (Å²) < 4.78 is 4.63. The van der Waals surface area contributed by atoms with Crippen LogP contribution in [0.15, 0.2) is 53.4 Å². The minimum Gasteiger partial charge on any atom is -0.364 e. The first kappa shape index (κ1) is 10.5. The van der Waals surface area contributed by atoms with Crippen molar-refractivity contribution in [3.05, 3.63) is 54.6 Å². The van der Waals surface area contributed by atoms with Crippen LogP contribution in [0.3, 0.4) is 0 Å². The van der Waals surface area contributed by atoms with Crippen molar-refractivity contribution in [3.63, 3.8) is 0 Å². The van der Waals surface area contributed by atoms with Crippen LogP contribution < -0.4 is 5.32 Å². The Hall–Kier alpha value is -2.69. The third kappa shape index (κ3) is 1.82. The SMILES string of the molecule is O=C(Nc1cccc2cccnc12)c1ccon1. The van der Waals surface area contributed by atoms with Crippen LogP contribution in [-0.2, 0) is 0 Å². The number of amides is 1. The van der Waals surface area contributed by atoms with E-state index in [2.05, 4.69) is 20.0 Å². The zero-order chi connectivity index (χ0) is 12.4. The molecule has 1 aromatic carbocycles. The van der Waals surface area contributed by atoms with Crippen molar-refractivity contribution in [3.8, 4) is 0 Å². The Morgan fingerprint density at radius 1 is 1.17 bits per heavy atom. The molecule has 0 aliphatic heterocycles. The summed E-state index contributed by atoms with van der Waals surface area (Å²) in [5.41, 5.74) is 1.64. The van der Waals surface area contributed by atoms with Crippen LogP contribution in [-0.4, -0.2) is 16.0 Å². The molecule has 0 bridgehead atoms. The molecule has 1 N–H and O–H groups in total. The molecule has 0 saturated carbocycles. The summed E-state index contributed by atoms with van der Waals surface area (Å²) in [6.07, 6.45) is 3.05. The summed E-state index contributed by atoms with van der Waals surface area (Å²) in [7, 11) is 0. The number of pyridine rings is 1. The fourth-order valence-corrected chi connectivity index (χ4v) is 1.72. The second kappa shape index (κ2) is 4.29. The molecule has 0 saturated heterocycles. The summed E-state index contributed by atoms with van der Waals surface area (Å²) in [5.74, 6) is -0.318. The molecule has 0 atom stereocenters. The van der Waals surface area contributed by atoms with Gasteiger partial charge in [-0.2, -0.15) is 0 Å². The number of aromatic nitrogens is 2. The Morgan fingerprint density at radius 3 is 2.89 bits per heavy atom. The summed E-state index contributed by atoms with van der Waals surface area (Å²) in [6, 6.07) is 10.9.